The molecule has 2 unspecified atom stereocenters. The van der Waals surface area contributed by atoms with E-state index < -0.39 is 6.10 Å². The summed E-state index contributed by atoms with van der Waals surface area (Å²) < 4.78 is 6.38. The van der Waals surface area contributed by atoms with Crippen LogP contribution in [-0.4, -0.2) is 10.7 Å². The van der Waals surface area contributed by atoms with Crippen LogP contribution in [0.5, 0.6) is 5.75 Å². The van der Waals surface area contributed by atoms with Crippen molar-refractivity contribution in [1.82, 2.24) is 0 Å². The van der Waals surface area contributed by atoms with Gasteiger partial charge in [-0.25, -0.2) is 0 Å². The first-order chi connectivity index (χ1) is 9.65. The van der Waals surface area contributed by atoms with Gasteiger partial charge in [0.1, 0.15) is 11.4 Å². The van der Waals surface area contributed by atoms with E-state index in [1.165, 1.54) is 25.7 Å². The molecule has 4 rings (SSSR count). The van der Waals surface area contributed by atoms with Crippen molar-refractivity contribution in [2.24, 2.45) is 11.8 Å². The van der Waals surface area contributed by atoms with Crippen molar-refractivity contribution < 1.29 is 9.84 Å². The molecule has 0 amide bonds. The fourth-order valence-corrected chi connectivity index (χ4v) is 4.41. The largest absolute Gasteiger partial charge is 0.487 e. The van der Waals surface area contributed by atoms with Crippen LogP contribution in [0.2, 0.25) is 5.02 Å². The fourth-order valence-electron chi connectivity index (χ4n) is 4.23. The highest BCUT2D eigenvalue weighted by Crippen LogP contribution is 2.52. The Kier molecular flexibility index (Phi) is 3.01. The van der Waals surface area contributed by atoms with E-state index in [2.05, 4.69) is 0 Å². The maximum Gasteiger partial charge on any atom is 0.126 e. The lowest BCUT2D eigenvalue weighted by atomic mass is 9.72. The van der Waals surface area contributed by atoms with Crippen LogP contribution in [0.25, 0.3) is 0 Å². The molecular formula is C17H21ClO2. The van der Waals surface area contributed by atoms with Crippen LogP contribution < -0.4 is 4.74 Å². The number of hydrogen-bond donors (Lipinski definition) is 1. The van der Waals surface area contributed by atoms with Gasteiger partial charge in [0.25, 0.3) is 0 Å². The molecule has 1 aromatic carbocycles. The monoisotopic (exact) mass is 292 g/mol. The summed E-state index contributed by atoms with van der Waals surface area (Å²) in [4.78, 5) is 0. The van der Waals surface area contributed by atoms with Crippen LogP contribution in [-0.2, 0) is 0 Å². The molecule has 0 aromatic heterocycles. The molecule has 2 fully saturated rings. The van der Waals surface area contributed by atoms with Crippen molar-refractivity contribution in [1.29, 1.82) is 0 Å². The molecule has 20 heavy (non-hydrogen) atoms. The molecule has 1 aliphatic heterocycles. The van der Waals surface area contributed by atoms with Crippen LogP contribution in [0.4, 0.5) is 0 Å². The van der Waals surface area contributed by atoms with Crippen molar-refractivity contribution in [3.63, 3.8) is 0 Å². The number of ether oxygens (including phenoxy) is 1. The second-order valence-electron chi connectivity index (χ2n) is 6.88. The Morgan fingerprint density at radius 3 is 2.80 bits per heavy atom. The summed E-state index contributed by atoms with van der Waals surface area (Å²) in [7, 11) is 0. The number of halogens is 1. The Labute approximate surface area is 125 Å². The molecular weight excluding hydrogens is 272 g/mol. The number of aliphatic hydroxyl groups is 1. The third kappa shape index (κ3) is 2.23. The van der Waals surface area contributed by atoms with E-state index in [1.54, 1.807) is 0 Å². The molecule has 0 bridgehead atoms. The molecule has 108 valence electrons. The molecule has 0 radical (unpaired) electrons. The van der Waals surface area contributed by atoms with E-state index in [1.807, 2.05) is 18.2 Å². The van der Waals surface area contributed by atoms with E-state index in [-0.39, 0.29) is 5.60 Å². The summed E-state index contributed by atoms with van der Waals surface area (Å²) in [5.41, 5.74) is 0.725. The summed E-state index contributed by atoms with van der Waals surface area (Å²) in [5.74, 6) is 2.58. The summed E-state index contributed by atoms with van der Waals surface area (Å²) in [6.07, 6.45) is 7.87. The van der Waals surface area contributed by atoms with Crippen LogP contribution in [0.15, 0.2) is 18.2 Å². The minimum Gasteiger partial charge on any atom is -0.487 e. The number of fused-ring (bicyclic) bond motifs is 1. The maximum absolute atomic E-state index is 10.5. The Hall–Kier alpha value is -0.730. The van der Waals surface area contributed by atoms with Gasteiger partial charge in [-0.05, 0) is 68.6 Å². The van der Waals surface area contributed by atoms with Gasteiger partial charge < -0.3 is 9.84 Å². The molecule has 1 aromatic rings. The number of benzene rings is 1. The van der Waals surface area contributed by atoms with Crippen LogP contribution in [0.3, 0.4) is 0 Å². The van der Waals surface area contributed by atoms with E-state index in [9.17, 15) is 5.11 Å². The summed E-state index contributed by atoms with van der Waals surface area (Å²) in [6, 6.07) is 5.62. The zero-order valence-corrected chi connectivity index (χ0v) is 12.4. The van der Waals surface area contributed by atoms with Gasteiger partial charge >= 0.3 is 0 Å². The zero-order chi connectivity index (χ0) is 13.7. The molecule has 1 heterocycles. The van der Waals surface area contributed by atoms with Gasteiger partial charge in [0.15, 0.2) is 0 Å². The third-order valence-corrected chi connectivity index (χ3v) is 5.59. The minimum absolute atomic E-state index is 0.133. The molecule has 1 spiro atoms. The van der Waals surface area contributed by atoms with Crippen molar-refractivity contribution >= 4 is 11.6 Å². The SMILES string of the molecule is O[C@H]1CC2(CCCC(C3CC3)C2)Oc2ccc(Cl)cc21. The van der Waals surface area contributed by atoms with Gasteiger partial charge in [0.05, 0.1) is 6.10 Å². The molecule has 1 N–H and O–H groups in total. The Bertz CT molecular complexity index is 526. The molecule has 2 saturated carbocycles. The predicted molar refractivity (Wildman–Crippen MR) is 79.1 cm³/mol. The second-order valence-corrected chi connectivity index (χ2v) is 7.32. The Morgan fingerprint density at radius 1 is 1.15 bits per heavy atom. The first kappa shape index (κ1) is 13.0. The smallest absolute Gasteiger partial charge is 0.126 e. The molecule has 3 atom stereocenters. The molecule has 2 aliphatic carbocycles. The normalized spacial score (nSPS) is 36.5. The van der Waals surface area contributed by atoms with Gasteiger partial charge in [0.2, 0.25) is 0 Å². The zero-order valence-electron chi connectivity index (χ0n) is 11.6. The average molecular weight is 293 g/mol. The highest BCUT2D eigenvalue weighted by molar-refractivity contribution is 6.30. The Morgan fingerprint density at radius 2 is 2.00 bits per heavy atom. The third-order valence-electron chi connectivity index (χ3n) is 5.35. The van der Waals surface area contributed by atoms with Crippen molar-refractivity contribution in [2.45, 2.75) is 56.7 Å². The van der Waals surface area contributed by atoms with E-state index in [0.29, 0.717) is 5.02 Å². The topological polar surface area (TPSA) is 29.5 Å². The first-order valence-corrected chi connectivity index (χ1v) is 8.20. The van der Waals surface area contributed by atoms with Gasteiger partial charge in [-0.3, -0.25) is 0 Å². The van der Waals surface area contributed by atoms with E-state index in [4.69, 9.17) is 16.3 Å². The van der Waals surface area contributed by atoms with E-state index in [0.717, 1.165) is 42.4 Å². The van der Waals surface area contributed by atoms with E-state index >= 15 is 0 Å². The molecule has 2 nitrogen and oxygen atoms in total. The Balaban J connectivity index is 1.62. The van der Waals surface area contributed by atoms with Gasteiger partial charge in [-0.15, -0.1) is 0 Å². The van der Waals surface area contributed by atoms with Gasteiger partial charge in [-0.2, -0.15) is 0 Å². The molecule has 3 aliphatic rings. The average Bonchev–Trinajstić information content (AvgIpc) is 3.24. The van der Waals surface area contributed by atoms with Crippen molar-refractivity contribution in [3.05, 3.63) is 28.8 Å². The fraction of sp³-hybridized carbons (Fsp3) is 0.647. The highest BCUT2D eigenvalue weighted by Gasteiger charge is 2.47. The van der Waals surface area contributed by atoms with Crippen LogP contribution in [0, 0.1) is 11.8 Å². The standard InChI is InChI=1S/C17H21ClO2/c18-13-5-6-16-14(8-13)15(19)10-17(20-16)7-1-2-12(9-17)11-3-4-11/h5-6,8,11-12,15,19H,1-4,7,9-10H2/t12?,15-,17?/m0/s1. The van der Waals surface area contributed by atoms with Gasteiger partial charge in [-0.1, -0.05) is 11.6 Å². The minimum atomic E-state index is -0.435. The lowest BCUT2D eigenvalue weighted by molar-refractivity contribution is -0.0543. The van der Waals surface area contributed by atoms with Crippen LogP contribution >= 0.6 is 11.6 Å². The lowest BCUT2D eigenvalue weighted by Crippen LogP contribution is -2.45. The quantitative estimate of drug-likeness (QED) is 0.826. The molecule has 3 heteroatoms. The maximum atomic E-state index is 10.5. The second kappa shape index (κ2) is 4.64. The lowest BCUT2D eigenvalue weighted by Gasteiger charge is -2.45. The number of rotatable bonds is 1. The van der Waals surface area contributed by atoms with Crippen molar-refractivity contribution in [2.75, 3.05) is 0 Å². The first-order valence-electron chi connectivity index (χ1n) is 7.82. The van der Waals surface area contributed by atoms with Gasteiger partial charge in [0, 0.05) is 17.0 Å². The number of hydrogen-bond acceptors (Lipinski definition) is 2. The molecule has 0 saturated heterocycles. The number of aliphatic hydroxyl groups excluding tert-OH is 1. The highest BCUT2D eigenvalue weighted by atomic mass is 35.5. The summed E-state index contributed by atoms with van der Waals surface area (Å²) >= 11 is 6.03. The van der Waals surface area contributed by atoms with Crippen LogP contribution in [0.1, 0.15) is 56.6 Å². The summed E-state index contributed by atoms with van der Waals surface area (Å²) in [6.45, 7) is 0. The van der Waals surface area contributed by atoms with Crippen molar-refractivity contribution in [3.8, 4) is 5.75 Å². The predicted octanol–water partition coefficient (Wildman–Crippen LogP) is 4.49. The summed E-state index contributed by atoms with van der Waals surface area (Å²) in [5, 5.41) is 11.2.